The highest BCUT2D eigenvalue weighted by Crippen LogP contribution is 2.28. The van der Waals surface area contributed by atoms with Crippen LogP contribution in [-0.4, -0.2) is 31.4 Å². The number of nitrogens with one attached hydrogen (secondary N) is 1. The number of methoxy groups -OCH3 is 1. The number of amides is 3. The normalized spacial score (nSPS) is 12.6. The largest absolute Gasteiger partial charge is 0.496 e. The molecule has 0 unspecified atom stereocenters. The minimum atomic E-state index is -0.357. The molecule has 31 heavy (non-hydrogen) atoms. The van der Waals surface area contributed by atoms with Crippen LogP contribution in [0.3, 0.4) is 0 Å². The molecular weight excluding hydrogens is 392 g/mol. The van der Waals surface area contributed by atoms with Gasteiger partial charge in [0, 0.05) is 12.1 Å². The first kappa shape index (κ1) is 20.3. The first-order valence-corrected chi connectivity index (χ1v) is 9.99. The first-order valence-electron chi connectivity index (χ1n) is 9.99. The Hall–Kier alpha value is -3.93. The molecule has 0 saturated heterocycles. The van der Waals surface area contributed by atoms with E-state index in [4.69, 9.17) is 4.74 Å². The van der Waals surface area contributed by atoms with Crippen molar-refractivity contribution in [3.05, 3.63) is 94.5 Å². The second-order valence-corrected chi connectivity index (χ2v) is 7.36. The standard InChI is InChI=1S/C25H22N2O4/c1-16-7-12-22(31-2)18(15-16)13-14-26-23(28)17-8-10-19(11-9-17)27-24(29)20-5-3-4-6-21(20)25(27)30/h3-12,15H,13-14H2,1-2H3,(H,26,28). The van der Waals surface area contributed by atoms with Crippen LogP contribution in [0.5, 0.6) is 5.75 Å². The Morgan fingerprint density at radius 2 is 1.58 bits per heavy atom. The molecule has 4 rings (SSSR count). The van der Waals surface area contributed by atoms with E-state index in [1.54, 1.807) is 55.6 Å². The quantitative estimate of drug-likeness (QED) is 0.623. The van der Waals surface area contributed by atoms with Crippen LogP contribution in [0, 0.1) is 6.92 Å². The summed E-state index contributed by atoms with van der Waals surface area (Å²) in [5.41, 5.74) is 3.83. The van der Waals surface area contributed by atoms with Gasteiger partial charge in [0.05, 0.1) is 23.9 Å². The fraction of sp³-hybridized carbons (Fsp3) is 0.160. The highest BCUT2D eigenvalue weighted by molar-refractivity contribution is 6.34. The van der Waals surface area contributed by atoms with E-state index in [0.29, 0.717) is 35.3 Å². The number of carbonyl (C=O) groups excluding carboxylic acids is 3. The van der Waals surface area contributed by atoms with Crippen LogP contribution in [0.4, 0.5) is 5.69 Å². The molecule has 0 saturated carbocycles. The minimum Gasteiger partial charge on any atom is -0.496 e. The van der Waals surface area contributed by atoms with Gasteiger partial charge in [0.1, 0.15) is 5.75 Å². The molecule has 3 amide bonds. The number of imide groups is 1. The summed E-state index contributed by atoms with van der Waals surface area (Å²) in [4.78, 5) is 38.8. The van der Waals surface area contributed by atoms with E-state index in [1.807, 2.05) is 25.1 Å². The molecule has 1 aliphatic heterocycles. The molecular formula is C25H22N2O4. The lowest BCUT2D eigenvalue weighted by Crippen LogP contribution is -2.29. The van der Waals surface area contributed by atoms with Crippen LogP contribution < -0.4 is 15.0 Å². The van der Waals surface area contributed by atoms with E-state index in [2.05, 4.69) is 5.32 Å². The number of nitrogens with zero attached hydrogens (tertiary/aromatic N) is 1. The van der Waals surface area contributed by atoms with Crippen molar-refractivity contribution in [1.29, 1.82) is 0 Å². The van der Waals surface area contributed by atoms with Crippen molar-refractivity contribution in [3.8, 4) is 5.75 Å². The zero-order valence-electron chi connectivity index (χ0n) is 17.3. The SMILES string of the molecule is COc1ccc(C)cc1CCNC(=O)c1ccc(N2C(=O)c3ccccc3C2=O)cc1. The fourth-order valence-corrected chi connectivity index (χ4v) is 3.70. The number of hydrogen-bond acceptors (Lipinski definition) is 4. The molecule has 1 N–H and O–H groups in total. The highest BCUT2D eigenvalue weighted by Gasteiger charge is 2.36. The van der Waals surface area contributed by atoms with Gasteiger partial charge < -0.3 is 10.1 Å². The summed E-state index contributed by atoms with van der Waals surface area (Å²) in [5.74, 6) is -0.138. The summed E-state index contributed by atoms with van der Waals surface area (Å²) in [5, 5.41) is 2.90. The van der Waals surface area contributed by atoms with Crippen molar-refractivity contribution in [2.45, 2.75) is 13.3 Å². The summed E-state index contributed by atoms with van der Waals surface area (Å²) >= 11 is 0. The number of hydrogen-bond donors (Lipinski definition) is 1. The summed E-state index contributed by atoms with van der Waals surface area (Å²) < 4.78 is 5.37. The zero-order chi connectivity index (χ0) is 22.0. The van der Waals surface area contributed by atoms with Crippen molar-refractivity contribution in [1.82, 2.24) is 5.32 Å². The summed E-state index contributed by atoms with van der Waals surface area (Å²) in [6.07, 6.45) is 0.643. The van der Waals surface area contributed by atoms with Crippen LogP contribution in [0.25, 0.3) is 0 Å². The van der Waals surface area contributed by atoms with Gasteiger partial charge in [-0.2, -0.15) is 0 Å². The van der Waals surface area contributed by atoms with E-state index >= 15 is 0 Å². The Morgan fingerprint density at radius 1 is 0.935 bits per heavy atom. The summed E-state index contributed by atoms with van der Waals surface area (Å²) in [6, 6.07) is 19.1. The van der Waals surface area contributed by atoms with Crippen LogP contribution in [0.1, 0.15) is 42.2 Å². The van der Waals surface area contributed by atoms with E-state index in [1.165, 1.54) is 0 Å². The monoisotopic (exact) mass is 414 g/mol. The predicted octanol–water partition coefficient (Wildman–Crippen LogP) is 3.78. The number of fused-ring (bicyclic) bond motifs is 1. The Bertz CT molecular complexity index is 1130. The molecule has 0 atom stereocenters. The van der Waals surface area contributed by atoms with E-state index in [9.17, 15) is 14.4 Å². The topological polar surface area (TPSA) is 75.7 Å². The smallest absolute Gasteiger partial charge is 0.266 e. The highest BCUT2D eigenvalue weighted by atomic mass is 16.5. The second-order valence-electron chi connectivity index (χ2n) is 7.36. The van der Waals surface area contributed by atoms with Gasteiger partial charge in [-0.3, -0.25) is 14.4 Å². The van der Waals surface area contributed by atoms with Gasteiger partial charge in [-0.05, 0) is 61.4 Å². The molecule has 156 valence electrons. The maximum atomic E-state index is 12.6. The average Bonchev–Trinajstić information content (AvgIpc) is 3.04. The van der Waals surface area contributed by atoms with E-state index in [0.717, 1.165) is 21.8 Å². The third kappa shape index (κ3) is 3.92. The number of benzene rings is 3. The molecule has 0 spiro atoms. The number of carbonyl (C=O) groups is 3. The average molecular weight is 414 g/mol. The molecule has 0 radical (unpaired) electrons. The van der Waals surface area contributed by atoms with Gasteiger partial charge in [-0.1, -0.05) is 29.8 Å². The minimum absolute atomic E-state index is 0.222. The van der Waals surface area contributed by atoms with E-state index < -0.39 is 0 Å². The maximum absolute atomic E-state index is 12.6. The van der Waals surface area contributed by atoms with Gasteiger partial charge in [-0.15, -0.1) is 0 Å². The van der Waals surface area contributed by atoms with Crippen molar-refractivity contribution in [2.24, 2.45) is 0 Å². The lowest BCUT2D eigenvalue weighted by atomic mass is 10.1. The number of aryl methyl sites for hydroxylation is 1. The van der Waals surface area contributed by atoms with Crippen molar-refractivity contribution < 1.29 is 19.1 Å². The summed E-state index contributed by atoms with van der Waals surface area (Å²) in [7, 11) is 1.63. The Labute approximate surface area is 180 Å². The number of rotatable bonds is 6. The lowest BCUT2D eigenvalue weighted by Gasteiger charge is -2.14. The van der Waals surface area contributed by atoms with Gasteiger partial charge in [-0.25, -0.2) is 4.90 Å². The van der Waals surface area contributed by atoms with Crippen molar-refractivity contribution in [3.63, 3.8) is 0 Å². The Balaban J connectivity index is 1.41. The molecule has 3 aromatic carbocycles. The third-order valence-corrected chi connectivity index (χ3v) is 5.30. The first-order chi connectivity index (χ1) is 15.0. The van der Waals surface area contributed by atoms with Crippen LogP contribution >= 0.6 is 0 Å². The molecule has 6 nitrogen and oxygen atoms in total. The summed E-state index contributed by atoms with van der Waals surface area (Å²) in [6.45, 7) is 2.47. The Kier molecular flexibility index (Phi) is 5.54. The van der Waals surface area contributed by atoms with Crippen molar-refractivity contribution in [2.75, 3.05) is 18.6 Å². The maximum Gasteiger partial charge on any atom is 0.266 e. The van der Waals surface area contributed by atoms with Crippen molar-refractivity contribution >= 4 is 23.4 Å². The van der Waals surface area contributed by atoms with E-state index in [-0.39, 0.29) is 17.7 Å². The molecule has 1 heterocycles. The molecule has 3 aromatic rings. The van der Waals surface area contributed by atoms with Gasteiger partial charge in [0.25, 0.3) is 17.7 Å². The molecule has 0 fully saturated rings. The van der Waals surface area contributed by atoms with Gasteiger partial charge in [0.2, 0.25) is 0 Å². The second kappa shape index (κ2) is 8.44. The molecule has 0 aliphatic carbocycles. The molecule has 1 aliphatic rings. The number of ether oxygens (including phenoxy) is 1. The van der Waals surface area contributed by atoms with Gasteiger partial charge >= 0.3 is 0 Å². The molecule has 0 bridgehead atoms. The Morgan fingerprint density at radius 3 is 2.19 bits per heavy atom. The third-order valence-electron chi connectivity index (χ3n) is 5.30. The molecule has 0 aromatic heterocycles. The fourth-order valence-electron chi connectivity index (χ4n) is 3.70. The number of anilines is 1. The molecule has 6 heteroatoms. The lowest BCUT2D eigenvalue weighted by molar-refractivity contribution is 0.0923. The van der Waals surface area contributed by atoms with Crippen LogP contribution in [0.15, 0.2) is 66.7 Å². The van der Waals surface area contributed by atoms with Crippen LogP contribution in [0.2, 0.25) is 0 Å². The van der Waals surface area contributed by atoms with Crippen LogP contribution in [-0.2, 0) is 6.42 Å². The predicted molar refractivity (Wildman–Crippen MR) is 118 cm³/mol. The van der Waals surface area contributed by atoms with Gasteiger partial charge in [0.15, 0.2) is 0 Å². The zero-order valence-corrected chi connectivity index (χ0v) is 17.3.